The Morgan fingerprint density at radius 2 is 1.87 bits per heavy atom. The predicted molar refractivity (Wildman–Crippen MR) is 131 cm³/mol. The van der Waals surface area contributed by atoms with Gasteiger partial charge in [-0.1, -0.05) is 18.2 Å². The second kappa shape index (κ2) is 8.81. The first kappa shape index (κ1) is 21.5. The summed E-state index contributed by atoms with van der Waals surface area (Å²) in [6.45, 7) is 8.33. The average Bonchev–Trinajstić information content (AvgIpc) is 3.22. The molecule has 1 aliphatic heterocycles. The van der Waals surface area contributed by atoms with E-state index in [2.05, 4.69) is 95.9 Å². The maximum absolute atomic E-state index is 5.80. The summed E-state index contributed by atoms with van der Waals surface area (Å²) in [7, 11) is 4.20. The van der Waals surface area contributed by atoms with Gasteiger partial charge in [-0.3, -0.25) is 4.98 Å². The molecule has 1 N–H and O–H groups in total. The quantitative estimate of drug-likeness (QED) is 0.586. The number of rotatable bonds is 6. The van der Waals surface area contributed by atoms with Crippen molar-refractivity contribution in [3.05, 3.63) is 82.9 Å². The first-order valence-electron chi connectivity index (χ1n) is 10.8. The zero-order valence-electron chi connectivity index (χ0n) is 19.0. The fourth-order valence-electron chi connectivity index (χ4n) is 4.54. The molecule has 0 bridgehead atoms. The van der Waals surface area contributed by atoms with E-state index in [4.69, 9.17) is 12.2 Å². The Labute approximate surface area is 190 Å². The van der Waals surface area contributed by atoms with Crippen LogP contribution in [0.1, 0.15) is 40.3 Å². The van der Waals surface area contributed by atoms with E-state index in [0.29, 0.717) is 0 Å². The van der Waals surface area contributed by atoms with Crippen molar-refractivity contribution in [2.45, 2.75) is 32.9 Å². The van der Waals surface area contributed by atoms with Crippen molar-refractivity contribution in [3.8, 4) is 5.69 Å². The lowest BCUT2D eigenvalue weighted by atomic mass is 9.96. The number of pyridine rings is 1. The maximum Gasteiger partial charge on any atom is 0.170 e. The van der Waals surface area contributed by atoms with Crippen LogP contribution < -0.4 is 5.32 Å². The highest BCUT2D eigenvalue weighted by molar-refractivity contribution is 7.80. The summed E-state index contributed by atoms with van der Waals surface area (Å²) in [6, 6.07) is 17.2. The van der Waals surface area contributed by atoms with Crippen LogP contribution in [0.5, 0.6) is 0 Å². The van der Waals surface area contributed by atoms with Crippen LogP contribution in [0.15, 0.2) is 54.7 Å². The van der Waals surface area contributed by atoms with Gasteiger partial charge in [0, 0.05) is 36.4 Å². The minimum atomic E-state index is 0.0160. The molecule has 1 saturated heterocycles. The lowest BCUT2D eigenvalue weighted by Gasteiger charge is -2.29. The van der Waals surface area contributed by atoms with Crippen molar-refractivity contribution in [3.63, 3.8) is 0 Å². The molecule has 1 aromatic carbocycles. The van der Waals surface area contributed by atoms with E-state index in [1.165, 1.54) is 28.2 Å². The van der Waals surface area contributed by atoms with Gasteiger partial charge >= 0.3 is 0 Å². The molecule has 0 amide bonds. The molecule has 1 fully saturated rings. The summed E-state index contributed by atoms with van der Waals surface area (Å²) in [5.74, 6) is 0. The molecule has 4 rings (SSSR count). The highest BCUT2D eigenvalue weighted by Gasteiger charge is 2.41. The number of hydrogen-bond acceptors (Lipinski definition) is 3. The van der Waals surface area contributed by atoms with Crippen molar-refractivity contribution < 1.29 is 0 Å². The van der Waals surface area contributed by atoms with Gasteiger partial charge in [-0.2, -0.15) is 0 Å². The van der Waals surface area contributed by atoms with Gasteiger partial charge in [0.1, 0.15) is 0 Å². The second-order valence-electron chi connectivity index (χ2n) is 8.62. The third-order valence-corrected chi connectivity index (χ3v) is 6.39. The number of nitrogens with one attached hydrogen (secondary N) is 1. The monoisotopic (exact) mass is 433 g/mol. The van der Waals surface area contributed by atoms with Gasteiger partial charge in [0.15, 0.2) is 5.11 Å². The third-order valence-electron chi connectivity index (χ3n) is 6.03. The third kappa shape index (κ3) is 4.23. The Balaban J connectivity index is 1.81. The summed E-state index contributed by atoms with van der Waals surface area (Å²) >= 11 is 5.80. The average molecular weight is 434 g/mol. The summed E-state index contributed by atoms with van der Waals surface area (Å²) in [4.78, 5) is 9.19. The zero-order chi connectivity index (χ0) is 22.1. The summed E-state index contributed by atoms with van der Waals surface area (Å²) in [5.41, 5.74) is 7.24. The molecule has 3 heterocycles. The van der Waals surface area contributed by atoms with Crippen LogP contribution >= 0.6 is 12.2 Å². The number of benzene rings is 1. The first-order valence-corrected chi connectivity index (χ1v) is 11.2. The van der Waals surface area contributed by atoms with Gasteiger partial charge in [0.05, 0.1) is 17.8 Å². The fourth-order valence-corrected chi connectivity index (χ4v) is 4.88. The van der Waals surface area contributed by atoms with Crippen LogP contribution in [0.4, 0.5) is 0 Å². The maximum atomic E-state index is 5.80. The van der Waals surface area contributed by atoms with E-state index in [9.17, 15) is 0 Å². The molecule has 3 aromatic rings. The molecule has 2 atom stereocenters. The standard InChI is InChI=1S/C25H31N5S/c1-17-9-8-10-20(15-17)30-18(2)16-21(19(30)3)24-23(22-11-6-7-12-26-22)27-25(31)29(24)14-13-28(4)5/h6-12,15-16,23-24H,13-14H2,1-5H3,(H,27,31)/t23-,24+/m0/s1. The van der Waals surface area contributed by atoms with Gasteiger partial charge < -0.3 is 19.7 Å². The van der Waals surface area contributed by atoms with Crippen LogP contribution in [-0.2, 0) is 0 Å². The lowest BCUT2D eigenvalue weighted by Crippen LogP contribution is -2.35. The second-order valence-corrected chi connectivity index (χ2v) is 9.01. The van der Waals surface area contributed by atoms with Gasteiger partial charge in [0.25, 0.3) is 0 Å². The highest BCUT2D eigenvalue weighted by Crippen LogP contribution is 2.41. The number of aromatic nitrogens is 2. The van der Waals surface area contributed by atoms with Crippen molar-refractivity contribution in [2.24, 2.45) is 0 Å². The van der Waals surface area contributed by atoms with Crippen molar-refractivity contribution in [2.75, 3.05) is 27.2 Å². The van der Waals surface area contributed by atoms with Crippen LogP contribution in [0.2, 0.25) is 0 Å². The van der Waals surface area contributed by atoms with Crippen LogP contribution in [-0.4, -0.2) is 51.6 Å². The van der Waals surface area contributed by atoms with Crippen molar-refractivity contribution >= 4 is 17.3 Å². The normalized spacial score (nSPS) is 18.6. The minimum absolute atomic E-state index is 0.0160. The molecular weight excluding hydrogens is 402 g/mol. The number of nitrogens with zero attached hydrogens (tertiary/aromatic N) is 4. The van der Waals surface area contributed by atoms with Crippen molar-refractivity contribution in [1.82, 2.24) is 24.7 Å². The molecule has 5 nitrogen and oxygen atoms in total. The van der Waals surface area contributed by atoms with Crippen LogP contribution in [0.3, 0.4) is 0 Å². The SMILES string of the molecule is Cc1cccc(-n2c(C)cc([C@@H]3[C@H](c4ccccn4)NC(=S)N3CCN(C)C)c2C)c1. The zero-order valence-corrected chi connectivity index (χ0v) is 19.8. The molecule has 0 spiro atoms. The molecule has 0 aliphatic carbocycles. The molecule has 162 valence electrons. The predicted octanol–water partition coefficient (Wildman–Crippen LogP) is 4.33. The van der Waals surface area contributed by atoms with E-state index in [1.54, 1.807) is 0 Å². The Morgan fingerprint density at radius 3 is 2.55 bits per heavy atom. The Bertz CT molecular complexity index is 1070. The van der Waals surface area contributed by atoms with Gasteiger partial charge in [-0.25, -0.2) is 0 Å². The number of aryl methyl sites for hydroxylation is 2. The molecule has 31 heavy (non-hydrogen) atoms. The van der Waals surface area contributed by atoms with Crippen molar-refractivity contribution in [1.29, 1.82) is 0 Å². The molecule has 0 saturated carbocycles. The smallest absolute Gasteiger partial charge is 0.170 e. The van der Waals surface area contributed by atoms with E-state index in [1.807, 2.05) is 18.3 Å². The number of thiocarbonyl (C=S) groups is 1. The highest BCUT2D eigenvalue weighted by atomic mass is 32.1. The Morgan fingerprint density at radius 1 is 1.06 bits per heavy atom. The molecular formula is C25H31N5S. The largest absolute Gasteiger partial charge is 0.352 e. The lowest BCUT2D eigenvalue weighted by molar-refractivity contribution is 0.277. The van der Waals surface area contributed by atoms with E-state index in [-0.39, 0.29) is 12.1 Å². The molecule has 0 radical (unpaired) electrons. The summed E-state index contributed by atoms with van der Waals surface area (Å²) in [6.07, 6.45) is 1.86. The van der Waals surface area contributed by atoms with E-state index >= 15 is 0 Å². The Hall–Kier alpha value is -2.70. The van der Waals surface area contributed by atoms with E-state index in [0.717, 1.165) is 23.9 Å². The van der Waals surface area contributed by atoms with Gasteiger partial charge in [-0.05, 0) is 88.5 Å². The summed E-state index contributed by atoms with van der Waals surface area (Å²) in [5, 5.41) is 4.36. The minimum Gasteiger partial charge on any atom is -0.352 e. The molecule has 2 aromatic heterocycles. The topological polar surface area (TPSA) is 36.3 Å². The fraction of sp³-hybridized carbons (Fsp3) is 0.360. The van der Waals surface area contributed by atoms with E-state index < -0.39 is 0 Å². The van der Waals surface area contributed by atoms with Crippen LogP contribution in [0.25, 0.3) is 5.69 Å². The molecule has 6 heteroatoms. The number of likely N-dealkylation sites (N-methyl/N-ethyl adjacent to an activating group) is 1. The van der Waals surface area contributed by atoms with Gasteiger partial charge in [0.2, 0.25) is 0 Å². The van der Waals surface area contributed by atoms with Gasteiger partial charge in [-0.15, -0.1) is 0 Å². The first-order chi connectivity index (χ1) is 14.9. The molecule has 0 unspecified atom stereocenters. The van der Waals surface area contributed by atoms with Crippen LogP contribution in [0, 0.1) is 20.8 Å². The number of hydrogen-bond donors (Lipinski definition) is 1. The Kier molecular flexibility index (Phi) is 6.12. The summed E-state index contributed by atoms with van der Waals surface area (Å²) < 4.78 is 2.35. The molecule has 1 aliphatic rings.